The molecule has 1 aromatic heterocycles. The number of hydrogen-bond donors (Lipinski definition) is 3. The van der Waals surface area contributed by atoms with Gasteiger partial charge < -0.3 is 61.7 Å². The first kappa shape index (κ1) is 63.6. The minimum atomic E-state index is -4.49. The number of quaternary nitrogens is 1. The molecule has 84 heavy (non-hydrogen) atoms. The van der Waals surface area contributed by atoms with Crippen LogP contribution in [0.4, 0.5) is 14.3 Å². The number of rotatable bonds is 34. The number of fused-ring (bicyclic) bond motifs is 2. The average molecular weight is 1160 g/mol. The molecular weight excluding hydrogens is 1090 g/mol. The topological polar surface area (TPSA) is 222 Å². The molecule has 450 valence electrons. The van der Waals surface area contributed by atoms with Crippen molar-refractivity contribution in [3.05, 3.63) is 129 Å². The molecular formula is C61H78BF2N8O12+. The second-order valence-electron chi connectivity index (χ2n) is 22.0. The van der Waals surface area contributed by atoms with Crippen LogP contribution in [0.25, 0.3) is 17.3 Å². The number of nitro groups is 1. The van der Waals surface area contributed by atoms with Gasteiger partial charge in [0.2, 0.25) is 11.8 Å². The highest BCUT2D eigenvalue weighted by molar-refractivity contribution is 6.59. The highest BCUT2D eigenvalue weighted by Gasteiger charge is 2.55. The van der Waals surface area contributed by atoms with E-state index in [4.69, 9.17) is 23.7 Å². The number of carbonyl (C=O) groups excluding carboxylic acids is 5. The molecule has 2 unspecified atom stereocenters. The molecule has 0 saturated heterocycles. The van der Waals surface area contributed by atoms with Crippen molar-refractivity contribution in [2.24, 2.45) is 5.92 Å². The van der Waals surface area contributed by atoms with Crippen LogP contribution in [-0.2, 0) is 35.1 Å². The van der Waals surface area contributed by atoms with Gasteiger partial charge in [0.1, 0.15) is 23.9 Å². The zero-order valence-electron chi connectivity index (χ0n) is 49.3. The van der Waals surface area contributed by atoms with Crippen molar-refractivity contribution in [1.82, 2.24) is 25.3 Å². The Hall–Kier alpha value is -8.02. The lowest BCUT2D eigenvalue weighted by Crippen LogP contribution is -2.50. The van der Waals surface area contributed by atoms with Crippen LogP contribution in [0.5, 0.6) is 23.0 Å². The summed E-state index contributed by atoms with van der Waals surface area (Å²) >= 11 is 0. The summed E-state index contributed by atoms with van der Waals surface area (Å²) in [5, 5.41) is 21.0. The van der Waals surface area contributed by atoms with E-state index >= 15 is 8.63 Å². The molecule has 4 heterocycles. The number of amides is 4. The van der Waals surface area contributed by atoms with Crippen LogP contribution >= 0.6 is 0 Å². The van der Waals surface area contributed by atoms with Gasteiger partial charge in [0, 0.05) is 97.6 Å². The van der Waals surface area contributed by atoms with Gasteiger partial charge in [0.25, 0.3) is 17.5 Å². The van der Waals surface area contributed by atoms with E-state index in [1.165, 1.54) is 35.9 Å². The maximum absolute atomic E-state index is 17.8. The molecule has 0 fully saturated rings. The highest BCUT2D eigenvalue weighted by Crippen LogP contribution is 2.43. The summed E-state index contributed by atoms with van der Waals surface area (Å²) in [6.45, 7) is 1.14. The van der Waals surface area contributed by atoms with Gasteiger partial charge in [0.15, 0.2) is 22.9 Å². The van der Waals surface area contributed by atoms with Gasteiger partial charge in [-0.3, -0.25) is 39.0 Å². The predicted molar refractivity (Wildman–Crippen MR) is 315 cm³/mol. The van der Waals surface area contributed by atoms with Gasteiger partial charge in [-0.25, -0.2) is 0 Å². The molecule has 0 radical (unpaired) electrons. The average Bonchev–Trinajstić information content (AvgIpc) is 1.62. The lowest BCUT2D eigenvalue weighted by atomic mass is 9.87. The highest BCUT2D eigenvalue weighted by atomic mass is 19.2. The number of hydrogen-bond acceptors (Lipinski definition) is 13. The monoisotopic (exact) mass is 1160 g/mol. The molecule has 20 nitrogen and oxygen atoms in total. The minimum Gasteiger partial charge on any atom is -0.497 e. The molecule has 4 amide bonds. The normalized spacial score (nSPS) is 15.0. The summed E-state index contributed by atoms with van der Waals surface area (Å²) in [4.78, 5) is 76.0. The molecule has 3 aliphatic heterocycles. The van der Waals surface area contributed by atoms with E-state index < -0.39 is 35.7 Å². The number of carbonyl (C=O) groups is 5. The van der Waals surface area contributed by atoms with E-state index in [9.17, 15) is 34.1 Å². The number of unbranched alkanes of at least 4 members (excludes halogenated alkanes) is 1. The van der Waals surface area contributed by atoms with Crippen molar-refractivity contribution < 1.29 is 70.2 Å². The first-order valence-electron chi connectivity index (χ1n) is 28.5. The molecule has 0 saturated carbocycles. The SMILES string of the molecule is CCC(CC(=O)CCC1=CC(c2ccc(OC)cc2)=[N+]2C1=Cc1c(CCC[N+](C)(C)C)cc(-c3ccc(OC)cc3)n1[B-]2(F)F)C(=O)NCCCCC(=O)NCCOc1cc([N+](=O)[O-])c(C(C)NCCOCCN2C(=O)C=CC2=O)cc1OC. The number of ketones is 1. The summed E-state index contributed by atoms with van der Waals surface area (Å²) in [5.41, 5.74) is 4.22. The van der Waals surface area contributed by atoms with Gasteiger partial charge in [-0.1, -0.05) is 6.92 Å². The molecule has 3 aromatic carbocycles. The summed E-state index contributed by atoms with van der Waals surface area (Å²) in [5.74, 6) is -0.505. The van der Waals surface area contributed by atoms with E-state index in [0.29, 0.717) is 88.8 Å². The van der Waals surface area contributed by atoms with Gasteiger partial charge in [-0.2, -0.15) is 0 Å². The lowest BCUT2D eigenvalue weighted by molar-refractivity contribution is -0.870. The Morgan fingerprint density at radius 3 is 2.10 bits per heavy atom. The molecule has 0 aliphatic carbocycles. The first-order chi connectivity index (χ1) is 40.2. The van der Waals surface area contributed by atoms with Crippen molar-refractivity contribution in [2.75, 3.05) is 95.0 Å². The zero-order valence-corrected chi connectivity index (χ0v) is 49.3. The number of aromatic nitrogens is 1. The van der Waals surface area contributed by atoms with E-state index in [1.807, 2.05) is 19.1 Å². The number of benzene rings is 3. The number of aryl methyl sites for hydroxylation is 1. The van der Waals surface area contributed by atoms with Gasteiger partial charge in [0.05, 0.1) is 91.9 Å². The maximum atomic E-state index is 17.8. The molecule has 7 rings (SSSR count). The van der Waals surface area contributed by atoms with E-state index in [-0.39, 0.29) is 99.9 Å². The van der Waals surface area contributed by atoms with Crippen molar-refractivity contribution in [1.29, 1.82) is 0 Å². The number of nitrogens with one attached hydrogen (secondary N) is 3. The molecule has 23 heteroatoms. The van der Waals surface area contributed by atoms with Crippen molar-refractivity contribution in [3.8, 4) is 34.3 Å². The standard InChI is InChI=1S/C61H77BF2N8O12/c1-9-42(61(77)67-27-11-10-14-58(74)66-29-33-84-57-40-55(71(78)79)50(38-56(57)82-8)41(2)65-28-32-83-34-30-68-59(75)25-26-60(68)76)35-47(73)20-15-46-37-52(44-18-23-49(81-7)24-19-44)70-54(46)39-53-45(13-12-31-72(3,4)5)36-51(69(53)62(70,63)64)43-16-21-48(80-6)22-17-43/h16-19,21-26,36-42,65H,9-15,20,27-35H2,1-8H3,(H-,66,67,74,77)/p+1. The van der Waals surface area contributed by atoms with Crippen LogP contribution in [-0.4, -0.2) is 160 Å². The largest absolute Gasteiger partial charge is 0.737 e. The first-order valence-corrected chi connectivity index (χ1v) is 28.5. The van der Waals surface area contributed by atoms with Crippen molar-refractivity contribution >= 4 is 53.9 Å². The fourth-order valence-corrected chi connectivity index (χ4v) is 10.5. The predicted octanol–water partition coefficient (Wildman–Crippen LogP) is 7.59. The summed E-state index contributed by atoms with van der Waals surface area (Å²) in [7, 11) is 10.8. The van der Waals surface area contributed by atoms with Crippen LogP contribution in [0, 0.1) is 16.0 Å². The third-order valence-electron chi connectivity index (χ3n) is 15.1. The third kappa shape index (κ3) is 16.0. The number of nitrogens with zero attached hydrogens (tertiary/aromatic N) is 5. The molecule has 2 atom stereocenters. The lowest BCUT2D eigenvalue weighted by Gasteiger charge is -2.32. The number of Topliss-reactive ketones (excluding diaryl/α,β-unsaturated/α-hetero) is 1. The number of halogens is 2. The Morgan fingerprint density at radius 2 is 1.46 bits per heavy atom. The Bertz CT molecular complexity index is 3170. The van der Waals surface area contributed by atoms with Crippen molar-refractivity contribution in [3.63, 3.8) is 0 Å². The van der Waals surface area contributed by atoms with Crippen LogP contribution in [0.2, 0.25) is 0 Å². The second kappa shape index (κ2) is 29.0. The summed E-state index contributed by atoms with van der Waals surface area (Å²) in [6, 6.07) is 18.3. The summed E-state index contributed by atoms with van der Waals surface area (Å²) in [6.07, 6.45) is 9.10. The second-order valence-corrected chi connectivity index (χ2v) is 22.0. The number of imide groups is 1. The van der Waals surface area contributed by atoms with Crippen LogP contribution in [0.1, 0.15) is 93.6 Å². The number of ether oxygens (including phenoxy) is 5. The Kier molecular flexibility index (Phi) is 21.9. The number of nitro benzene ring substituents is 1. The minimum absolute atomic E-state index is 0.00466. The molecule has 3 N–H and O–H groups in total. The van der Waals surface area contributed by atoms with E-state index in [2.05, 4.69) is 37.1 Å². The van der Waals surface area contributed by atoms with Gasteiger partial charge >= 0.3 is 6.97 Å². The Morgan fingerprint density at radius 1 is 0.786 bits per heavy atom. The van der Waals surface area contributed by atoms with Crippen molar-refractivity contribution in [2.45, 2.75) is 77.7 Å². The molecule has 4 aromatic rings. The third-order valence-corrected chi connectivity index (χ3v) is 15.1. The fraction of sp³-hybridized carbons (Fsp3) is 0.443. The Balaban J connectivity index is 0.888. The molecule has 0 spiro atoms. The zero-order chi connectivity index (χ0) is 60.7. The smallest absolute Gasteiger partial charge is 0.497 e. The van der Waals surface area contributed by atoms with Gasteiger partial charge in [-0.05, 0) is 111 Å². The van der Waals surface area contributed by atoms with Crippen LogP contribution in [0.3, 0.4) is 0 Å². The van der Waals surface area contributed by atoms with E-state index in [0.717, 1.165) is 32.4 Å². The fourth-order valence-electron chi connectivity index (χ4n) is 10.5. The van der Waals surface area contributed by atoms with Gasteiger partial charge in [-0.15, -0.1) is 0 Å². The number of methoxy groups -OCH3 is 3. The van der Waals surface area contributed by atoms with E-state index in [1.54, 1.807) is 75.8 Å². The van der Waals surface area contributed by atoms with Crippen LogP contribution in [0.15, 0.2) is 96.2 Å². The maximum Gasteiger partial charge on any atom is 0.737 e. The molecule has 0 bridgehead atoms. The van der Waals surface area contributed by atoms with Crippen LogP contribution < -0.4 is 34.9 Å². The molecule has 3 aliphatic rings. The quantitative estimate of drug-likeness (QED) is 0.0103. The number of allylic oxidation sites excluding steroid dienone is 2. The summed E-state index contributed by atoms with van der Waals surface area (Å²) < 4.78 is 66.3. The Labute approximate surface area is 489 Å².